The van der Waals surface area contributed by atoms with Gasteiger partial charge in [-0.1, -0.05) is 12.1 Å². The van der Waals surface area contributed by atoms with E-state index in [2.05, 4.69) is 25.7 Å². The van der Waals surface area contributed by atoms with Crippen LogP contribution in [0.1, 0.15) is 36.6 Å². The fourth-order valence-corrected chi connectivity index (χ4v) is 2.75. The van der Waals surface area contributed by atoms with Gasteiger partial charge in [-0.3, -0.25) is 0 Å². The molecule has 0 saturated heterocycles. The van der Waals surface area contributed by atoms with Crippen LogP contribution >= 0.6 is 0 Å². The van der Waals surface area contributed by atoms with Crippen LogP contribution in [0.2, 0.25) is 0 Å². The summed E-state index contributed by atoms with van der Waals surface area (Å²) in [6, 6.07) is 11.0. The maximum atomic E-state index is 13.9. The van der Waals surface area contributed by atoms with Crippen molar-refractivity contribution in [2.45, 2.75) is 33.4 Å². The number of pyridine rings is 1. The second-order valence-electron chi connectivity index (χ2n) is 6.54. The molecule has 2 N–H and O–H groups in total. The highest BCUT2D eigenvalue weighted by atomic mass is 19.1. The second-order valence-corrected chi connectivity index (χ2v) is 6.54. The van der Waals surface area contributed by atoms with Gasteiger partial charge in [-0.25, -0.2) is 19.0 Å². The van der Waals surface area contributed by atoms with Crippen molar-refractivity contribution in [3.63, 3.8) is 0 Å². The molecule has 2 heterocycles. The Morgan fingerprint density at radius 3 is 2.82 bits per heavy atom. The molecule has 0 bridgehead atoms. The Bertz CT molecular complexity index is 936. The number of guanidine groups is 1. The lowest BCUT2D eigenvalue weighted by atomic mass is 10.1. The number of nitrogens with one attached hydrogen (secondary N) is 2. The molecule has 1 atom stereocenters. The number of rotatable bonds is 6. The minimum Gasteiger partial charge on any atom is -0.357 e. The lowest BCUT2D eigenvalue weighted by molar-refractivity contribution is 0.607. The first-order valence-corrected chi connectivity index (χ1v) is 9.32. The van der Waals surface area contributed by atoms with E-state index in [1.54, 1.807) is 36.1 Å². The van der Waals surface area contributed by atoms with E-state index in [4.69, 9.17) is 0 Å². The smallest absolute Gasteiger partial charge is 0.192 e. The molecule has 3 rings (SSSR count). The summed E-state index contributed by atoms with van der Waals surface area (Å²) in [5.74, 6) is 1.23. The van der Waals surface area contributed by atoms with Crippen molar-refractivity contribution in [2.75, 3.05) is 6.54 Å². The van der Waals surface area contributed by atoms with Crippen molar-refractivity contribution in [1.29, 1.82) is 0 Å². The number of halogens is 1. The highest BCUT2D eigenvalue weighted by Gasteiger charge is 2.10. The highest BCUT2D eigenvalue weighted by Crippen LogP contribution is 2.16. The molecule has 28 heavy (non-hydrogen) atoms. The third-order valence-electron chi connectivity index (χ3n) is 4.36. The van der Waals surface area contributed by atoms with Crippen molar-refractivity contribution >= 4 is 5.96 Å². The van der Waals surface area contributed by atoms with Crippen molar-refractivity contribution in [3.05, 3.63) is 77.5 Å². The number of aliphatic imine (C=N–C) groups is 1. The van der Waals surface area contributed by atoms with Crippen LogP contribution in [0.5, 0.6) is 0 Å². The molecule has 0 saturated carbocycles. The van der Waals surface area contributed by atoms with Gasteiger partial charge in [-0.05, 0) is 61.7 Å². The third kappa shape index (κ3) is 4.94. The Kier molecular flexibility index (Phi) is 6.37. The number of nitrogens with zero attached hydrogens (tertiary/aromatic N) is 4. The molecule has 1 unspecified atom stereocenters. The maximum absolute atomic E-state index is 13.9. The standard InChI is InChI=1S/C21H25FN6/c1-4-23-21(27-16(3)18-7-6-15(2)19(22)13-18)25-14-17-8-10-24-20(12-17)28-11-5-9-26-28/h5-13,16H,4,14H2,1-3H3,(H2,23,25,27). The summed E-state index contributed by atoms with van der Waals surface area (Å²) in [4.78, 5) is 8.99. The van der Waals surface area contributed by atoms with Gasteiger partial charge in [0.05, 0.1) is 12.6 Å². The van der Waals surface area contributed by atoms with Gasteiger partial charge in [0.15, 0.2) is 11.8 Å². The molecule has 0 aliphatic rings. The molecule has 0 radical (unpaired) electrons. The van der Waals surface area contributed by atoms with Crippen molar-refractivity contribution < 1.29 is 4.39 Å². The molecular weight excluding hydrogens is 355 g/mol. The zero-order chi connectivity index (χ0) is 19.9. The molecule has 0 amide bonds. The number of aromatic nitrogens is 3. The Hall–Kier alpha value is -3.22. The van der Waals surface area contributed by atoms with E-state index < -0.39 is 0 Å². The summed E-state index contributed by atoms with van der Waals surface area (Å²) in [6.07, 6.45) is 5.32. The molecule has 3 aromatic rings. The van der Waals surface area contributed by atoms with Crippen LogP contribution in [0.25, 0.3) is 5.82 Å². The molecule has 0 fully saturated rings. The first-order chi connectivity index (χ1) is 13.6. The normalized spacial score (nSPS) is 12.6. The van der Waals surface area contributed by atoms with E-state index in [9.17, 15) is 4.39 Å². The molecule has 0 aliphatic heterocycles. The fourth-order valence-electron chi connectivity index (χ4n) is 2.75. The molecule has 146 valence electrons. The van der Waals surface area contributed by atoms with E-state index in [0.717, 1.165) is 23.5 Å². The Balaban J connectivity index is 1.72. The quantitative estimate of drug-likeness (QED) is 0.507. The van der Waals surface area contributed by atoms with Crippen LogP contribution in [0.3, 0.4) is 0 Å². The monoisotopic (exact) mass is 380 g/mol. The predicted octanol–water partition coefficient (Wildman–Crippen LogP) is 3.53. The second kappa shape index (κ2) is 9.12. The predicted molar refractivity (Wildman–Crippen MR) is 109 cm³/mol. The van der Waals surface area contributed by atoms with Gasteiger partial charge < -0.3 is 10.6 Å². The zero-order valence-corrected chi connectivity index (χ0v) is 16.4. The van der Waals surface area contributed by atoms with E-state index in [1.165, 1.54) is 0 Å². The number of hydrogen-bond donors (Lipinski definition) is 2. The highest BCUT2D eigenvalue weighted by molar-refractivity contribution is 5.80. The van der Waals surface area contributed by atoms with Crippen molar-refractivity contribution in [1.82, 2.24) is 25.4 Å². The lowest BCUT2D eigenvalue weighted by Gasteiger charge is -2.18. The first-order valence-electron chi connectivity index (χ1n) is 9.32. The van der Waals surface area contributed by atoms with E-state index in [-0.39, 0.29) is 11.9 Å². The summed E-state index contributed by atoms with van der Waals surface area (Å²) in [7, 11) is 0. The van der Waals surface area contributed by atoms with E-state index >= 15 is 0 Å². The largest absolute Gasteiger partial charge is 0.357 e. The van der Waals surface area contributed by atoms with Crippen LogP contribution in [-0.4, -0.2) is 27.3 Å². The molecule has 1 aromatic carbocycles. The van der Waals surface area contributed by atoms with Gasteiger partial charge in [0.25, 0.3) is 0 Å². The van der Waals surface area contributed by atoms with Crippen LogP contribution in [0.4, 0.5) is 4.39 Å². The van der Waals surface area contributed by atoms with Crippen LogP contribution in [-0.2, 0) is 6.54 Å². The average Bonchev–Trinajstić information content (AvgIpc) is 3.23. The average molecular weight is 380 g/mol. The zero-order valence-electron chi connectivity index (χ0n) is 16.4. The number of benzene rings is 1. The summed E-state index contributed by atoms with van der Waals surface area (Å²) in [5.41, 5.74) is 2.53. The molecule has 0 spiro atoms. The molecule has 0 aliphatic carbocycles. The maximum Gasteiger partial charge on any atom is 0.192 e. The first kappa shape index (κ1) is 19.5. The SMILES string of the molecule is CCNC(=NCc1ccnc(-n2cccn2)c1)NC(C)c1ccc(C)c(F)c1. The number of aryl methyl sites for hydroxylation is 1. The van der Waals surface area contributed by atoms with Gasteiger partial charge in [0, 0.05) is 25.1 Å². The number of hydrogen-bond acceptors (Lipinski definition) is 3. The minimum absolute atomic E-state index is 0.0787. The van der Waals surface area contributed by atoms with Gasteiger partial charge in [-0.15, -0.1) is 0 Å². The van der Waals surface area contributed by atoms with Crippen molar-refractivity contribution in [2.24, 2.45) is 4.99 Å². The van der Waals surface area contributed by atoms with Crippen LogP contribution < -0.4 is 10.6 Å². The fraction of sp³-hybridized carbons (Fsp3) is 0.286. The third-order valence-corrected chi connectivity index (χ3v) is 4.36. The Morgan fingerprint density at radius 1 is 1.25 bits per heavy atom. The van der Waals surface area contributed by atoms with E-state index in [0.29, 0.717) is 18.1 Å². The van der Waals surface area contributed by atoms with Gasteiger partial charge in [0.2, 0.25) is 0 Å². The minimum atomic E-state index is -0.198. The summed E-state index contributed by atoms with van der Waals surface area (Å²) < 4.78 is 15.6. The summed E-state index contributed by atoms with van der Waals surface area (Å²) in [6.45, 7) is 6.97. The van der Waals surface area contributed by atoms with Crippen LogP contribution in [0, 0.1) is 12.7 Å². The lowest BCUT2D eigenvalue weighted by Crippen LogP contribution is -2.38. The van der Waals surface area contributed by atoms with Crippen LogP contribution in [0.15, 0.2) is 60.0 Å². The molecule has 2 aromatic heterocycles. The topological polar surface area (TPSA) is 67.1 Å². The molecular formula is C21H25FN6. The van der Waals surface area contributed by atoms with Gasteiger partial charge in [0.1, 0.15) is 5.82 Å². The summed E-state index contributed by atoms with van der Waals surface area (Å²) >= 11 is 0. The van der Waals surface area contributed by atoms with Crippen molar-refractivity contribution in [3.8, 4) is 5.82 Å². The molecule has 7 heteroatoms. The summed E-state index contributed by atoms with van der Waals surface area (Å²) in [5, 5.41) is 10.8. The Labute approximate surface area is 164 Å². The Morgan fingerprint density at radius 2 is 2.11 bits per heavy atom. The molecule has 6 nitrogen and oxygen atoms in total. The van der Waals surface area contributed by atoms with Gasteiger partial charge in [-0.2, -0.15) is 5.10 Å². The van der Waals surface area contributed by atoms with E-state index in [1.807, 2.05) is 44.3 Å². The van der Waals surface area contributed by atoms with Gasteiger partial charge >= 0.3 is 0 Å².